The lowest BCUT2D eigenvalue weighted by molar-refractivity contribution is 0.561. The Morgan fingerprint density at radius 1 is 1.47 bits per heavy atom. The van der Waals surface area contributed by atoms with Gasteiger partial charge in [-0.15, -0.1) is 0 Å². The maximum Gasteiger partial charge on any atom is 0.241 e. The Labute approximate surface area is 117 Å². The van der Waals surface area contributed by atoms with E-state index in [1.807, 2.05) is 0 Å². The molecule has 1 aromatic carbocycles. The number of nitrogen functional groups attached to an aromatic ring is 1. The van der Waals surface area contributed by atoms with Crippen molar-refractivity contribution in [3.8, 4) is 0 Å². The second-order valence-corrected chi connectivity index (χ2v) is 7.53. The lowest BCUT2D eigenvalue weighted by atomic mass is 10.1. The van der Waals surface area contributed by atoms with Crippen molar-refractivity contribution >= 4 is 27.5 Å². The molecule has 1 heterocycles. The molecule has 0 amide bonds. The summed E-state index contributed by atoms with van der Waals surface area (Å²) in [5.74, 6) is 1.15. The van der Waals surface area contributed by atoms with Gasteiger partial charge in [0.2, 0.25) is 10.0 Å². The molecule has 4 nitrogen and oxygen atoms in total. The Morgan fingerprint density at radius 3 is 2.74 bits per heavy atom. The molecular weight excluding hydrogens is 287 g/mol. The lowest BCUT2D eigenvalue weighted by Crippen LogP contribution is -2.35. The third kappa shape index (κ3) is 2.88. The van der Waals surface area contributed by atoms with E-state index in [0.29, 0.717) is 5.56 Å². The minimum atomic E-state index is -3.65. The van der Waals surface area contributed by atoms with E-state index in [1.54, 1.807) is 18.7 Å². The SMILES string of the molecule is Cc1cc(F)c(N)c(C)c1S(=O)(=O)NC1CCSC1. The number of benzene rings is 1. The van der Waals surface area contributed by atoms with Gasteiger partial charge in [0.1, 0.15) is 5.82 Å². The molecule has 0 radical (unpaired) electrons. The van der Waals surface area contributed by atoms with Crippen molar-refractivity contribution in [3.63, 3.8) is 0 Å². The summed E-state index contributed by atoms with van der Waals surface area (Å²) in [6, 6.07) is 1.11. The molecule has 1 aliphatic rings. The van der Waals surface area contributed by atoms with E-state index in [9.17, 15) is 12.8 Å². The predicted octanol–water partition coefficient (Wildman–Crippen LogP) is 1.81. The van der Waals surface area contributed by atoms with Crippen molar-refractivity contribution in [2.24, 2.45) is 0 Å². The van der Waals surface area contributed by atoms with Crippen LogP contribution in [-0.2, 0) is 10.0 Å². The second kappa shape index (κ2) is 5.30. The van der Waals surface area contributed by atoms with E-state index in [-0.39, 0.29) is 22.2 Å². The zero-order valence-corrected chi connectivity index (χ0v) is 12.5. The van der Waals surface area contributed by atoms with E-state index in [2.05, 4.69) is 4.72 Å². The molecular formula is C12H17FN2O2S2. The summed E-state index contributed by atoms with van der Waals surface area (Å²) in [5.41, 5.74) is 6.13. The summed E-state index contributed by atoms with van der Waals surface area (Å²) in [6.07, 6.45) is 0.818. The van der Waals surface area contributed by atoms with E-state index in [0.717, 1.165) is 17.9 Å². The average molecular weight is 304 g/mol. The molecule has 1 saturated heterocycles. The highest BCUT2D eigenvalue weighted by Crippen LogP contribution is 2.28. The van der Waals surface area contributed by atoms with Crippen molar-refractivity contribution in [3.05, 3.63) is 23.0 Å². The average Bonchev–Trinajstić information content (AvgIpc) is 2.77. The van der Waals surface area contributed by atoms with Gasteiger partial charge in [-0.05, 0) is 43.2 Å². The standard InChI is InChI=1S/C12H17FN2O2S2/c1-7-5-10(13)11(14)8(2)12(7)19(16,17)15-9-3-4-18-6-9/h5,9,15H,3-4,6,14H2,1-2H3. The minimum Gasteiger partial charge on any atom is -0.396 e. The Balaban J connectivity index is 2.42. The van der Waals surface area contributed by atoms with E-state index < -0.39 is 15.8 Å². The van der Waals surface area contributed by atoms with Gasteiger partial charge in [0, 0.05) is 11.8 Å². The molecule has 3 N–H and O–H groups in total. The van der Waals surface area contributed by atoms with Crippen LogP contribution in [0.2, 0.25) is 0 Å². The smallest absolute Gasteiger partial charge is 0.241 e. The summed E-state index contributed by atoms with van der Waals surface area (Å²) in [6.45, 7) is 3.11. The van der Waals surface area contributed by atoms with Gasteiger partial charge in [0.05, 0.1) is 10.6 Å². The van der Waals surface area contributed by atoms with Crippen molar-refractivity contribution in [1.82, 2.24) is 4.72 Å². The van der Waals surface area contributed by atoms with Crippen molar-refractivity contribution in [2.45, 2.75) is 31.2 Å². The van der Waals surface area contributed by atoms with Crippen LogP contribution >= 0.6 is 11.8 Å². The van der Waals surface area contributed by atoms with E-state index >= 15 is 0 Å². The third-order valence-electron chi connectivity index (χ3n) is 3.22. The molecule has 1 unspecified atom stereocenters. The van der Waals surface area contributed by atoms with Crippen LogP contribution in [0.15, 0.2) is 11.0 Å². The predicted molar refractivity (Wildman–Crippen MR) is 76.3 cm³/mol. The number of rotatable bonds is 3. The Morgan fingerprint density at radius 2 is 2.16 bits per heavy atom. The van der Waals surface area contributed by atoms with Crippen molar-refractivity contribution < 1.29 is 12.8 Å². The maximum absolute atomic E-state index is 13.5. The molecule has 0 aromatic heterocycles. The van der Waals surface area contributed by atoms with Crippen molar-refractivity contribution in [1.29, 1.82) is 0 Å². The number of hydrogen-bond acceptors (Lipinski definition) is 4. The van der Waals surface area contributed by atoms with Gasteiger partial charge >= 0.3 is 0 Å². The van der Waals surface area contributed by atoms with Gasteiger partial charge in [0.15, 0.2) is 0 Å². The molecule has 2 rings (SSSR count). The van der Waals surface area contributed by atoms with Crippen LogP contribution in [0.5, 0.6) is 0 Å². The van der Waals surface area contributed by atoms with Crippen LogP contribution in [0.1, 0.15) is 17.5 Å². The largest absolute Gasteiger partial charge is 0.396 e. The highest BCUT2D eigenvalue weighted by Gasteiger charge is 2.27. The van der Waals surface area contributed by atoms with Crippen LogP contribution in [0.25, 0.3) is 0 Å². The zero-order valence-electron chi connectivity index (χ0n) is 10.9. The van der Waals surface area contributed by atoms with Crippen LogP contribution in [0, 0.1) is 19.7 Å². The monoisotopic (exact) mass is 304 g/mol. The second-order valence-electron chi connectivity index (χ2n) is 4.72. The van der Waals surface area contributed by atoms with E-state index in [4.69, 9.17) is 5.73 Å². The first-order valence-electron chi connectivity index (χ1n) is 5.98. The molecule has 0 bridgehead atoms. The summed E-state index contributed by atoms with van der Waals surface area (Å²) in [5, 5.41) is 0. The summed E-state index contributed by atoms with van der Waals surface area (Å²) < 4.78 is 40.9. The summed E-state index contributed by atoms with van der Waals surface area (Å²) >= 11 is 1.72. The molecule has 0 aliphatic carbocycles. The minimum absolute atomic E-state index is 0.0555. The van der Waals surface area contributed by atoms with E-state index in [1.165, 1.54) is 13.0 Å². The van der Waals surface area contributed by atoms with Gasteiger partial charge in [-0.2, -0.15) is 11.8 Å². The molecule has 1 fully saturated rings. The lowest BCUT2D eigenvalue weighted by Gasteiger charge is -2.17. The Hall–Kier alpha value is -0.790. The first-order valence-corrected chi connectivity index (χ1v) is 8.62. The van der Waals surface area contributed by atoms with Gasteiger partial charge in [0.25, 0.3) is 0 Å². The van der Waals surface area contributed by atoms with Gasteiger partial charge < -0.3 is 5.73 Å². The van der Waals surface area contributed by atoms with Crippen LogP contribution < -0.4 is 10.5 Å². The molecule has 106 valence electrons. The molecule has 0 saturated carbocycles. The molecule has 0 spiro atoms. The van der Waals surface area contributed by atoms with Gasteiger partial charge in [-0.1, -0.05) is 0 Å². The number of hydrogen-bond donors (Lipinski definition) is 2. The fraction of sp³-hybridized carbons (Fsp3) is 0.500. The van der Waals surface area contributed by atoms with Gasteiger partial charge in [-0.3, -0.25) is 0 Å². The fourth-order valence-corrected chi connectivity index (χ4v) is 5.26. The van der Waals surface area contributed by atoms with Crippen LogP contribution in [0.3, 0.4) is 0 Å². The van der Waals surface area contributed by atoms with Crippen molar-refractivity contribution in [2.75, 3.05) is 17.2 Å². The highest BCUT2D eigenvalue weighted by atomic mass is 32.2. The normalized spacial score (nSPS) is 19.8. The maximum atomic E-state index is 13.5. The third-order valence-corrected chi connectivity index (χ3v) is 6.20. The number of nitrogens with two attached hydrogens (primary N) is 1. The molecule has 7 heteroatoms. The summed E-state index contributed by atoms with van der Waals surface area (Å²) in [7, 11) is -3.65. The number of anilines is 1. The summed E-state index contributed by atoms with van der Waals surface area (Å²) in [4.78, 5) is 0.100. The molecule has 1 aromatic rings. The first-order chi connectivity index (χ1) is 8.83. The van der Waals surface area contributed by atoms with Crippen LogP contribution in [-0.4, -0.2) is 26.0 Å². The van der Waals surface area contributed by atoms with Gasteiger partial charge in [-0.25, -0.2) is 17.5 Å². The Kier molecular flexibility index (Phi) is 4.08. The quantitative estimate of drug-likeness (QED) is 0.835. The number of halogens is 1. The number of thioether (sulfide) groups is 1. The fourth-order valence-electron chi connectivity index (χ4n) is 2.25. The highest BCUT2D eigenvalue weighted by molar-refractivity contribution is 7.99. The number of nitrogens with one attached hydrogen (secondary N) is 1. The molecule has 1 aliphatic heterocycles. The number of aryl methyl sites for hydroxylation is 1. The first kappa shape index (κ1) is 14.6. The molecule has 19 heavy (non-hydrogen) atoms. The Bertz CT molecular complexity index is 596. The zero-order chi connectivity index (χ0) is 14.2. The topological polar surface area (TPSA) is 72.2 Å². The van der Waals surface area contributed by atoms with Crippen LogP contribution in [0.4, 0.5) is 10.1 Å². The molecule has 1 atom stereocenters. The number of sulfonamides is 1.